The third kappa shape index (κ3) is 3.54. The zero-order chi connectivity index (χ0) is 20.0. The van der Waals surface area contributed by atoms with Gasteiger partial charge in [0.2, 0.25) is 5.91 Å². The maximum absolute atomic E-state index is 12.9. The number of para-hydroxylation sites is 1. The summed E-state index contributed by atoms with van der Waals surface area (Å²) in [5.74, 6) is 0.308. The van der Waals surface area contributed by atoms with E-state index in [1.807, 2.05) is 35.2 Å². The summed E-state index contributed by atoms with van der Waals surface area (Å²) in [6.45, 7) is 4.44. The van der Waals surface area contributed by atoms with Gasteiger partial charge in [0.15, 0.2) is 5.13 Å². The Bertz CT molecular complexity index is 1020. The number of hydrogen-bond acceptors (Lipinski definition) is 5. The molecule has 3 aromatic rings. The van der Waals surface area contributed by atoms with E-state index in [2.05, 4.69) is 20.9 Å². The van der Waals surface area contributed by atoms with Crippen molar-refractivity contribution in [3.05, 3.63) is 52.5 Å². The van der Waals surface area contributed by atoms with Gasteiger partial charge in [-0.15, -0.1) is 0 Å². The van der Waals surface area contributed by atoms with Gasteiger partial charge in [0.05, 0.1) is 31.9 Å². The Balaban J connectivity index is 1.17. The van der Waals surface area contributed by atoms with Crippen LogP contribution in [0.3, 0.4) is 0 Å². The molecule has 0 radical (unpaired) electrons. The molecule has 1 amide bonds. The van der Waals surface area contributed by atoms with Gasteiger partial charge < -0.3 is 14.7 Å². The lowest BCUT2D eigenvalue weighted by Gasteiger charge is -2.43. The highest BCUT2D eigenvalue weighted by molar-refractivity contribution is 7.22. The molecular formula is C21H20Cl2N4OS. The summed E-state index contributed by atoms with van der Waals surface area (Å²) in [7, 11) is 0. The van der Waals surface area contributed by atoms with Crippen molar-refractivity contribution < 1.29 is 4.79 Å². The number of carbonyl (C=O) groups excluding carboxylic acids is 1. The first-order valence-electron chi connectivity index (χ1n) is 9.68. The van der Waals surface area contributed by atoms with Gasteiger partial charge in [-0.05, 0) is 24.3 Å². The number of hydrogen-bond donors (Lipinski definition) is 0. The van der Waals surface area contributed by atoms with Crippen LogP contribution in [0.15, 0.2) is 42.5 Å². The van der Waals surface area contributed by atoms with Crippen molar-refractivity contribution in [3.8, 4) is 0 Å². The van der Waals surface area contributed by atoms with Crippen molar-refractivity contribution in [1.82, 2.24) is 9.88 Å². The van der Waals surface area contributed by atoms with E-state index in [1.165, 1.54) is 4.70 Å². The minimum atomic E-state index is 0.0586. The predicted molar refractivity (Wildman–Crippen MR) is 121 cm³/mol. The van der Waals surface area contributed by atoms with Crippen LogP contribution in [-0.2, 0) is 4.79 Å². The summed E-state index contributed by atoms with van der Waals surface area (Å²) in [6.07, 6.45) is 0. The Morgan fingerprint density at radius 1 is 0.966 bits per heavy atom. The SMILES string of the molecule is O=C(C1CN(c2nc3ccccc3s2)C1)N1CCN(c2cccc(Cl)c2Cl)CC1. The number of carbonyl (C=O) groups is 1. The molecule has 0 atom stereocenters. The van der Waals surface area contributed by atoms with Crippen LogP contribution in [0, 0.1) is 5.92 Å². The van der Waals surface area contributed by atoms with E-state index < -0.39 is 0 Å². The molecule has 2 aliphatic rings. The molecule has 0 unspecified atom stereocenters. The van der Waals surface area contributed by atoms with E-state index in [4.69, 9.17) is 23.2 Å². The highest BCUT2D eigenvalue weighted by Gasteiger charge is 2.37. The molecule has 5 rings (SSSR count). The van der Waals surface area contributed by atoms with Crippen LogP contribution in [0.4, 0.5) is 10.8 Å². The minimum Gasteiger partial charge on any atom is -0.367 e. The van der Waals surface area contributed by atoms with E-state index in [1.54, 1.807) is 17.4 Å². The number of anilines is 2. The van der Waals surface area contributed by atoms with Gasteiger partial charge >= 0.3 is 0 Å². The number of benzene rings is 2. The average Bonchev–Trinajstić information content (AvgIpc) is 3.12. The molecule has 1 aromatic heterocycles. The molecule has 2 fully saturated rings. The molecule has 0 bridgehead atoms. The van der Waals surface area contributed by atoms with Gasteiger partial charge in [-0.25, -0.2) is 4.98 Å². The third-order valence-corrected chi connectivity index (χ3v) is 7.55. The molecule has 2 aromatic carbocycles. The number of aromatic nitrogens is 1. The Kier molecular flexibility index (Phi) is 5.02. The first-order valence-corrected chi connectivity index (χ1v) is 11.3. The van der Waals surface area contributed by atoms with Crippen LogP contribution in [0.25, 0.3) is 10.2 Å². The van der Waals surface area contributed by atoms with Gasteiger partial charge in [-0.3, -0.25) is 4.79 Å². The number of thiazole rings is 1. The number of amides is 1. The Morgan fingerprint density at radius 3 is 2.48 bits per heavy atom. The van der Waals surface area contributed by atoms with E-state index in [0.717, 1.165) is 42.5 Å². The number of nitrogens with zero attached hydrogens (tertiary/aromatic N) is 4. The Hall–Kier alpha value is -2.02. The van der Waals surface area contributed by atoms with Crippen molar-refractivity contribution in [1.29, 1.82) is 0 Å². The molecule has 2 saturated heterocycles. The van der Waals surface area contributed by atoms with Crippen LogP contribution in [0.5, 0.6) is 0 Å². The second-order valence-electron chi connectivity index (χ2n) is 7.45. The second kappa shape index (κ2) is 7.67. The van der Waals surface area contributed by atoms with Gasteiger partial charge in [-0.1, -0.05) is 52.7 Å². The fraction of sp³-hybridized carbons (Fsp3) is 0.333. The number of halogens is 2. The van der Waals surface area contributed by atoms with Crippen LogP contribution in [0.1, 0.15) is 0 Å². The average molecular weight is 447 g/mol. The van der Waals surface area contributed by atoms with E-state index >= 15 is 0 Å². The van der Waals surface area contributed by atoms with E-state index in [0.29, 0.717) is 23.1 Å². The van der Waals surface area contributed by atoms with Crippen molar-refractivity contribution in [3.63, 3.8) is 0 Å². The van der Waals surface area contributed by atoms with Crippen LogP contribution >= 0.6 is 34.5 Å². The lowest BCUT2D eigenvalue weighted by molar-refractivity contribution is -0.136. The van der Waals surface area contributed by atoms with Crippen LogP contribution in [0.2, 0.25) is 10.0 Å². The molecule has 3 heterocycles. The van der Waals surface area contributed by atoms with Crippen molar-refractivity contribution in [2.75, 3.05) is 49.1 Å². The van der Waals surface area contributed by atoms with Gasteiger partial charge in [-0.2, -0.15) is 0 Å². The van der Waals surface area contributed by atoms with Gasteiger partial charge in [0, 0.05) is 39.3 Å². The lowest BCUT2D eigenvalue weighted by Crippen LogP contribution is -2.58. The first kappa shape index (κ1) is 19.0. The summed E-state index contributed by atoms with van der Waals surface area (Å²) in [4.78, 5) is 24.0. The third-order valence-electron chi connectivity index (χ3n) is 5.65. The highest BCUT2D eigenvalue weighted by Crippen LogP contribution is 2.35. The van der Waals surface area contributed by atoms with Crippen LogP contribution in [-0.4, -0.2) is 55.1 Å². The molecule has 29 heavy (non-hydrogen) atoms. The molecule has 8 heteroatoms. The predicted octanol–water partition coefficient (Wildman–Crippen LogP) is 4.39. The minimum absolute atomic E-state index is 0.0586. The Labute approximate surface area is 183 Å². The van der Waals surface area contributed by atoms with Crippen molar-refractivity contribution >= 4 is 61.5 Å². The topological polar surface area (TPSA) is 39.7 Å². The lowest BCUT2D eigenvalue weighted by atomic mass is 9.99. The smallest absolute Gasteiger partial charge is 0.229 e. The maximum Gasteiger partial charge on any atom is 0.229 e. The van der Waals surface area contributed by atoms with E-state index in [9.17, 15) is 4.79 Å². The van der Waals surface area contributed by atoms with E-state index in [-0.39, 0.29) is 11.8 Å². The zero-order valence-corrected chi connectivity index (χ0v) is 18.1. The number of fused-ring (bicyclic) bond motifs is 1. The summed E-state index contributed by atoms with van der Waals surface area (Å²) < 4.78 is 1.19. The van der Waals surface area contributed by atoms with Gasteiger partial charge in [0.25, 0.3) is 0 Å². The standard InChI is InChI=1S/C21H20Cl2N4OS/c22-15-4-3-6-17(19(15)23)25-8-10-26(11-9-25)20(28)14-12-27(13-14)21-24-16-5-1-2-7-18(16)29-21/h1-7,14H,8-13H2. The summed E-state index contributed by atoms with van der Waals surface area (Å²) in [5.41, 5.74) is 1.97. The number of piperazine rings is 1. The summed E-state index contributed by atoms with van der Waals surface area (Å²) in [5, 5.41) is 2.15. The molecular weight excluding hydrogens is 427 g/mol. The summed E-state index contributed by atoms with van der Waals surface area (Å²) in [6, 6.07) is 13.8. The molecule has 0 aliphatic carbocycles. The first-order chi connectivity index (χ1) is 14.1. The molecule has 2 aliphatic heterocycles. The fourth-order valence-corrected chi connectivity index (χ4v) is 5.35. The zero-order valence-electron chi connectivity index (χ0n) is 15.7. The second-order valence-corrected chi connectivity index (χ2v) is 9.25. The summed E-state index contributed by atoms with van der Waals surface area (Å²) >= 11 is 14.2. The van der Waals surface area contributed by atoms with Crippen LogP contribution < -0.4 is 9.80 Å². The normalized spacial score (nSPS) is 17.7. The van der Waals surface area contributed by atoms with Crippen molar-refractivity contribution in [2.24, 2.45) is 5.92 Å². The maximum atomic E-state index is 12.9. The van der Waals surface area contributed by atoms with Crippen molar-refractivity contribution in [2.45, 2.75) is 0 Å². The number of rotatable bonds is 3. The fourth-order valence-electron chi connectivity index (χ4n) is 3.95. The monoisotopic (exact) mass is 446 g/mol. The Morgan fingerprint density at radius 2 is 1.72 bits per heavy atom. The quantitative estimate of drug-likeness (QED) is 0.597. The highest BCUT2D eigenvalue weighted by atomic mass is 35.5. The molecule has 0 spiro atoms. The molecule has 5 nitrogen and oxygen atoms in total. The molecule has 0 N–H and O–H groups in total. The molecule has 150 valence electrons. The largest absolute Gasteiger partial charge is 0.367 e. The molecule has 0 saturated carbocycles. The van der Waals surface area contributed by atoms with Gasteiger partial charge in [0.1, 0.15) is 0 Å².